The van der Waals surface area contributed by atoms with Crippen LogP contribution in [0.3, 0.4) is 0 Å². The van der Waals surface area contributed by atoms with Gasteiger partial charge in [-0.1, -0.05) is 0 Å². The molecule has 0 spiro atoms. The summed E-state index contributed by atoms with van der Waals surface area (Å²) in [6.45, 7) is 5.72. The zero-order valence-electron chi connectivity index (χ0n) is 19.5. The highest BCUT2D eigenvalue weighted by Gasteiger charge is 2.32. The number of morpholine rings is 2. The lowest BCUT2D eigenvalue weighted by Crippen LogP contribution is -2.37. The number of anilines is 1. The fourth-order valence-electron chi connectivity index (χ4n) is 3.21. The molecule has 2 aliphatic rings. The zero-order chi connectivity index (χ0) is 27.5. The number of rotatable bonds is 3. The molecule has 13 heteroatoms. The number of carbonyl (C=O) groups is 2. The van der Waals surface area contributed by atoms with Gasteiger partial charge in [0.05, 0.1) is 43.1 Å². The van der Waals surface area contributed by atoms with Gasteiger partial charge >= 0.3 is 12.4 Å². The Hall–Kier alpha value is -3.03. The third-order valence-electron chi connectivity index (χ3n) is 5.14. The van der Waals surface area contributed by atoms with Crippen molar-refractivity contribution in [2.45, 2.75) is 12.4 Å². The highest BCUT2D eigenvalue weighted by molar-refractivity contribution is 5.85. The minimum Gasteiger partial charge on any atom is -0.379 e. The summed E-state index contributed by atoms with van der Waals surface area (Å²) in [7, 11) is 0. The maximum Gasteiger partial charge on any atom is 0.416 e. The second kappa shape index (κ2) is 14.1. The van der Waals surface area contributed by atoms with Gasteiger partial charge in [0.25, 0.3) is 0 Å². The van der Waals surface area contributed by atoms with Crippen LogP contribution in [0.25, 0.3) is 0 Å². The first-order valence-electron chi connectivity index (χ1n) is 11.1. The van der Waals surface area contributed by atoms with Gasteiger partial charge in [-0.3, -0.25) is 9.59 Å². The number of hydrogen-bond acceptors (Lipinski definition) is 6. The second-order valence-corrected chi connectivity index (χ2v) is 7.70. The van der Waals surface area contributed by atoms with Crippen LogP contribution in [0, 0.1) is 5.82 Å². The van der Waals surface area contributed by atoms with Crippen LogP contribution in [0.5, 0.6) is 0 Å². The van der Waals surface area contributed by atoms with Gasteiger partial charge in [0.2, 0.25) is 0 Å². The summed E-state index contributed by atoms with van der Waals surface area (Å²) in [6.07, 6.45) is -8.24. The zero-order valence-corrected chi connectivity index (χ0v) is 19.5. The van der Waals surface area contributed by atoms with Gasteiger partial charge in [0, 0.05) is 37.4 Å². The summed E-state index contributed by atoms with van der Waals surface area (Å²) >= 11 is 0. The van der Waals surface area contributed by atoms with Crippen LogP contribution in [0.15, 0.2) is 36.4 Å². The molecule has 2 heterocycles. The maximum atomic E-state index is 12.6. The highest BCUT2D eigenvalue weighted by atomic mass is 19.4. The average Bonchev–Trinajstić information content (AvgIpc) is 2.89. The van der Waals surface area contributed by atoms with Gasteiger partial charge in [0.1, 0.15) is 5.82 Å². The quantitative estimate of drug-likeness (QED) is 0.455. The summed E-state index contributed by atoms with van der Waals surface area (Å²) in [5, 5.41) is 3.16. The normalized spacial score (nSPS) is 16.0. The third-order valence-corrected chi connectivity index (χ3v) is 5.14. The van der Waals surface area contributed by atoms with E-state index in [1.807, 2.05) is 0 Å². The van der Waals surface area contributed by atoms with Crippen LogP contribution >= 0.6 is 0 Å². The lowest BCUT2D eigenvalue weighted by atomic mass is 10.1. The molecule has 1 N–H and O–H groups in total. The van der Waals surface area contributed by atoms with Crippen LogP contribution in [0.4, 0.5) is 36.4 Å². The number of benzene rings is 2. The van der Waals surface area contributed by atoms with Crippen LogP contribution in [-0.4, -0.2) is 65.2 Å². The first-order chi connectivity index (χ1) is 17.5. The van der Waals surface area contributed by atoms with Crippen molar-refractivity contribution in [1.82, 2.24) is 5.32 Å². The minimum atomic E-state index is -4.58. The first kappa shape index (κ1) is 30.2. The van der Waals surface area contributed by atoms with Crippen LogP contribution in [0.2, 0.25) is 0 Å². The van der Waals surface area contributed by atoms with E-state index in [4.69, 9.17) is 9.47 Å². The predicted octanol–water partition coefficient (Wildman–Crippen LogP) is 4.62. The van der Waals surface area contributed by atoms with E-state index >= 15 is 0 Å². The van der Waals surface area contributed by atoms with E-state index in [2.05, 4.69) is 5.32 Å². The van der Waals surface area contributed by atoms with Crippen LogP contribution < -0.4 is 10.2 Å². The van der Waals surface area contributed by atoms with Crippen molar-refractivity contribution in [3.63, 3.8) is 0 Å². The summed E-state index contributed by atoms with van der Waals surface area (Å²) < 4.78 is 96.6. The smallest absolute Gasteiger partial charge is 0.379 e. The van der Waals surface area contributed by atoms with E-state index in [9.17, 15) is 40.3 Å². The van der Waals surface area contributed by atoms with Crippen molar-refractivity contribution in [3.8, 4) is 0 Å². The number of halogens is 7. The number of hydrogen-bond donors (Lipinski definition) is 1. The summed E-state index contributed by atoms with van der Waals surface area (Å²) in [5.74, 6) is -1.16. The van der Waals surface area contributed by atoms with Gasteiger partial charge in [-0.15, -0.1) is 0 Å². The standard InChI is InChI=1S/C12H12F3NO2.C8H4F4O.C4H9NO/c13-12(14,15)10-2-1-9(8-17)11(7-10)16-3-5-18-6-4-16;9-7-3-6(8(10,11)12)2-1-5(7)4-13;1-3-6-4-2-5-1/h1-2,7-8H,3-6H2;1-4H;5H,1-4H2. The monoisotopic (exact) mass is 538 g/mol. The number of nitrogens with zero attached hydrogens (tertiary/aromatic N) is 1. The van der Waals surface area contributed by atoms with E-state index in [0.29, 0.717) is 50.4 Å². The molecule has 37 heavy (non-hydrogen) atoms. The van der Waals surface area contributed by atoms with Gasteiger partial charge in [-0.2, -0.15) is 26.3 Å². The molecule has 2 fully saturated rings. The summed E-state index contributed by atoms with van der Waals surface area (Å²) in [4.78, 5) is 22.7. The van der Waals surface area contributed by atoms with Crippen LogP contribution in [0.1, 0.15) is 31.8 Å². The number of aldehydes is 2. The Balaban J connectivity index is 0.000000220. The van der Waals surface area contributed by atoms with Crippen molar-refractivity contribution in [1.29, 1.82) is 0 Å². The molecule has 0 aliphatic carbocycles. The number of ether oxygens (including phenoxy) is 2. The fraction of sp³-hybridized carbons (Fsp3) is 0.417. The fourth-order valence-corrected chi connectivity index (χ4v) is 3.21. The van der Waals surface area contributed by atoms with Gasteiger partial charge in [-0.05, 0) is 36.4 Å². The molecular weight excluding hydrogens is 513 g/mol. The van der Waals surface area contributed by atoms with Crippen molar-refractivity contribution in [3.05, 3.63) is 64.5 Å². The molecule has 2 aromatic carbocycles. The Morgan fingerprint density at radius 3 is 1.62 bits per heavy atom. The molecule has 4 rings (SSSR count). The second-order valence-electron chi connectivity index (χ2n) is 7.70. The summed E-state index contributed by atoms with van der Waals surface area (Å²) in [5.41, 5.74) is -1.63. The molecule has 0 amide bonds. The molecule has 0 unspecified atom stereocenters. The Labute approximate surface area is 208 Å². The van der Waals surface area contributed by atoms with Crippen molar-refractivity contribution >= 4 is 18.3 Å². The molecule has 0 bridgehead atoms. The number of alkyl halides is 6. The topological polar surface area (TPSA) is 67.9 Å². The van der Waals surface area contributed by atoms with Crippen molar-refractivity contribution in [2.75, 3.05) is 57.5 Å². The Morgan fingerprint density at radius 2 is 1.22 bits per heavy atom. The van der Waals surface area contributed by atoms with Crippen molar-refractivity contribution in [2.24, 2.45) is 0 Å². The summed E-state index contributed by atoms with van der Waals surface area (Å²) in [6, 6.07) is 4.91. The maximum absolute atomic E-state index is 12.6. The van der Waals surface area contributed by atoms with E-state index < -0.39 is 29.3 Å². The van der Waals surface area contributed by atoms with E-state index in [0.717, 1.165) is 44.5 Å². The van der Waals surface area contributed by atoms with E-state index in [-0.39, 0.29) is 17.4 Å². The molecule has 0 saturated carbocycles. The van der Waals surface area contributed by atoms with Crippen LogP contribution in [-0.2, 0) is 21.8 Å². The Morgan fingerprint density at radius 1 is 0.730 bits per heavy atom. The molecule has 204 valence electrons. The lowest BCUT2D eigenvalue weighted by molar-refractivity contribution is -0.138. The van der Waals surface area contributed by atoms with E-state index in [1.54, 1.807) is 4.90 Å². The van der Waals surface area contributed by atoms with Gasteiger partial charge < -0.3 is 19.7 Å². The molecule has 2 saturated heterocycles. The molecule has 0 aromatic heterocycles. The molecule has 2 aliphatic heterocycles. The largest absolute Gasteiger partial charge is 0.416 e. The van der Waals surface area contributed by atoms with Gasteiger partial charge in [-0.25, -0.2) is 4.39 Å². The number of nitrogens with one attached hydrogen (secondary N) is 1. The highest BCUT2D eigenvalue weighted by Crippen LogP contribution is 2.33. The molecule has 0 atom stereocenters. The number of carbonyl (C=O) groups excluding carboxylic acids is 2. The molecule has 0 radical (unpaired) electrons. The SMILES string of the molecule is C1COCCN1.O=Cc1ccc(C(F)(F)F)cc1F.O=Cc1ccc(C(F)(F)F)cc1N1CCOCC1. The first-order valence-corrected chi connectivity index (χ1v) is 11.1. The van der Waals surface area contributed by atoms with Crippen molar-refractivity contribution < 1.29 is 49.8 Å². The average molecular weight is 538 g/mol. The minimum absolute atomic E-state index is 0.162. The molecular formula is C24H25F7N2O4. The predicted molar refractivity (Wildman–Crippen MR) is 120 cm³/mol. The van der Waals surface area contributed by atoms with Gasteiger partial charge in [0.15, 0.2) is 12.6 Å². The van der Waals surface area contributed by atoms with E-state index in [1.165, 1.54) is 6.07 Å². The Bertz CT molecular complexity index is 1010. The lowest BCUT2D eigenvalue weighted by Gasteiger charge is -2.30. The Kier molecular flexibility index (Phi) is 11.5. The molecule has 2 aromatic rings. The third kappa shape index (κ3) is 9.74. The molecule has 6 nitrogen and oxygen atoms in total.